The molecule has 76 valence electrons. The fourth-order valence-electron chi connectivity index (χ4n) is 1.12. The maximum absolute atomic E-state index is 11.7. The van der Waals surface area contributed by atoms with Crippen LogP contribution in [0.3, 0.4) is 0 Å². The lowest BCUT2D eigenvalue weighted by molar-refractivity contribution is -0.129. The number of rotatable bonds is 6. The van der Waals surface area contributed by atoms with Gasteiger partial charge in [0.1, 0.15) is 0 Å². The van der Waals surface area contributed by atoms with Gasteiger partial charge in [-0.2, -0.15) is 0 Å². The van der Waals surface area contributed by atoms with E-state index in [9.17, 15) is 4.79 Å². The second kappa shape index (κ2) is 7.35. The topological polar surface area (TPSA) is 20.3 Å². The third-order valence-corrected chi connectivity index (χ3v) is 3.12. The summed E-state index contributed by atoms with van der Waals surface area (Å²) in [5.41, 5.74) is 0. The monoisotopic (exact) mass is 295 g/mol. The first-order chi connectivity index (χ1) is 6.17. The van der Waals surface area contributed by atoms with Gasteiger partial charge in [-0.05, 0) is 26.7 Å². The van der Waals surface area contributed by atoms with Crippen molar-refractivity contribution in [1.82, 2.24) is 4.90 Å². The lowest BCUT2D eigenvalue weighted by Gasteiger charge is -2.21. The standard InChI is InChI=1S/C10H18INO/c1-4-7-8-9(11)10(13)12(5-2)6-3/h4,9H,1,5-8H2,2-3H3. The maximum Gasteiger partial charge on any atom is 0.235 e. The molecule has 13 heavy (non-hydrogen) atoms. The second-order valence-electron chi connectivity index (χ2n) is 2.84. The zero-order valence-corrected chi connectivity index (χ0v) is 10.6. The number of carbonyl (C=O) groups is 1. The molecule has 0 aliphatic rings. The highest BCUT2D eigenvalue weighted by molar-refractivity contribution is 14.1. The van der Waals surface area contributed by atoms with Gasteiger partial charge >= 0.3 is 0 Å². The van der Waals surface area contributed by atoms with Crippen molar-refractivity contribution in [3.8, 4) is 0 Å². The van der Waals surface area contributed by atoms with Crippen molar-refractivity contribution in [2.24, 2.45) is 0 Å². The van der Waals surface area contributed by atoms with Gasteiger partial charge in [0.15, 0.2) is 0 Å². The highest BCUT2D eigenvalue weighted by Crippen LogP contribution is 2.12. The zero-order valence-electron chi connectivity index (χ0n) is 8.42. The molecule has 0 rings (SSSR count). The molecule has 0 spiro atoms. The van der Waals surface area contributed by atoms with Crippen molar-refractivity contribution in [3.63, 3.8) is 0 Å². The van der Waals surface area contributed by atoms with Crippen molar-refractivity contribution < 1.29 is 4.79 Å². The van der Waals surface area contributed by atoms with Crippen molar-refractivity contribution in [2.45, 2.75) is 30.6 Å². The molecule has 0 aliphatic heterocycles. The summed E-state index contributed by atoms with van der Waals surface area (Å²) in [4.78, 5) is 13.6. The average Bonchev–Trinajstić information content (AvgIpc) is 2.15. The van der Waals surface area contributed by atoms with E-state index < -0.39 is 0 Å². The normalized spacial score (nSPS) is 12.2. The molecular weight excluding hydrogens is 277 g/mol. The Bertz CT molecular complexity index is 166. The minimum atomic E-state index is 0.107. The summed E-state index contributed by atoms with van der Waals surface area (Å²) in [5.74, 6) is 0.257. The predicted molar refractivity (Wildman–Crippen MR) is 65.2 cm³/mol. The van der Waals surface area contributed by atoms with Gasteiger partial charge in [0.05, 0.1) is 3.92 Å². The van der Waals surface area contributed by atoms with E-state index in [-0.39, 0.29) is 9.83 Å². The molecule has 0 bridgehead atoms. The van der Waals surface area contributed by atoms with Crippen molar-refractivity contribution in [2.75, 3.05) is 13.1 Å². The number of carbonyl (C=O) groups excluding carboxylic acids is 1. The zero-order chi connectivity index (χ0) is 10.3. The largest absolute Gasteiger partial charge is 0.342 e. The van der Waals surface area contributed by atoms with E-state index in [1.165, 1.54) is 0 Å². The average molecular weight is 295 g/mol. The Hall–Kier alpha value is -0.0600. The second-order valence-corrected chi connectivity index (χ2v) is 4.35. The summed E-state index contributed by atoms with van der Waals surface area (Å²) in [6.07, 6.45) is 3.68. The minimum absolute atomic E-state index is 0.107. The van der Waals surface area contributed by atoms with Gasteiger partial charge in [-0.15, -0.1) is 6.58 Å². The van der Waals surface area contributed by atoms with Crippen molar-refractivity contribution in [3.05, 3.63) is 12.7 Å². The van der Waals surface area contributed by atoms with Crippen molar-refractivity contribution >= 4 is 28.5 Å². The molecule has 0 aromatic rings. The predicted octanol–water partition coefficient (Wildman–Crippen LogP) is 2.62. The lowest BCUT2D eigenvalue weighted by atomic mass is 10.2. The summed E-state index contributed by atoms with van der Waals surface area (Å²) in [6.45, 7) is 9.29. The first-order valence-corrected chi connectivity index (χ1v) is 5.95. The van der Waals surface area contributed by atoms with Crippen LogP contribution in [0.15, 0.2) is 12.7 Å². The number of alkyl halides is 1. The molecule has 0 aliphatic carbocycles. The maximum atomic E-state index is 11.7. The molecule has 1 atom stereocenters. The number of hydrogen-bond acceptors (Lipinski definition) is 1. The van der Waals surface area contributed by atoms with Crippen LogP contribution in [-0.2, 0) is 4.79 Å². The Labute approximate surface area is 94.5 Å². The molecule has 1 amide bonds. The number of halogens is 1. The smallest absolute Gasteiger partial charge is 0.235 e. The Morgan fingerprint density at radius 3 is 2.46 bits per heavy atom. The molecule has 3 heteroatoms. The van der Waals surface area contributed by atoms with E-state index >= 15 is 0 Å². The van der Waals surface area contributed by atoms with Crippen LogP contribution >= 0.6 is 22.6 Å². The number of nitrogens with zero attached hydrogens (tertiary/aromatic N) is 1. The van der Waals surface area contributed by atoms with Gasteiger partial charge < -0.3 is 4.90 Å². The first kappa shape index (κ1) is 12.9. The quantitative estimate of drug-likeness (QED) is 0.419. The molecule has 0 heterocycles. The third kappa shape index (κ3) is 4.64. The summed E-state index contributed by atoms with van der Waals surface area (Å²) < 4.78 is 0.107. The molecule has 1 unspecified atom stereocenters. The van der Waals surface area contributed by atoms with Crippen LogP contribution in [0.4, 0.5) is 0 Å². The van der Waals surface area contributed by atoms with Crippen LogP contribution in [0.25, 0.3) is 0 Å². The van der Waals surface area contributed by atoms with E-state index in [0.717, 1.165) is 25.9 Å². The van der Waals surface area contributed by atoms with Crippen molar-refractivity contribution in [1.29, 1.82) is 0 Å². The van der Waals surface area contributed by atoms with Crippen LogP contribution in [0.2, 0.25) is 0 Å². The van der Waals surface area contributed by atoms with E-state index in [1.54, 1.807) is 0 Å². The Balaban J connectivity index is 3.98. The fourth-order valence-corrected chi connectivity index (χ4v) is 1.87. The van der Waals surface area contributed by atoms with Gasteiger partial charge in [-0.3, -0.25) is 4.79 Å². The number of amides is 1. The molecule has 0 saturated heterocycles. The summed E-state index contributed by atoms with van der Waals surface area (Å²) in [6, 6.07) is 0. The Kier molecular flexibility index (Phi) is 7.32. The highest BCUT2D eigenvalue weighted by atomic mass is 127. The third-order valence-electron chi connectivity index (χ3n) is 1.97. The number of hydrogen-bond donors (Lipinski definition) is 0. The molecule has 2 nitrogen and oxygen atoms in total. The molecule has 0 saturated carbocycles. The minimum Gasteiger partial charge on any atom is -0.342 e. The van der Waals surface area contributed by atoms with Crippen LogP contribution in [-0.4, -0.2) is 27.8 Å². The van der Waals surface area contributed by atoms with E-state index in [0.29, 0.717) is 0 Å². The van der Waals surface area contributed by atoms with E-state index in [1.807, 2.05) is 24.8 Å². The van der Waals surface area contributed by atoms with Gasteiger partial charge in [0.2, 0.25) is 5.91 Å². The van der Waals surface area contributed by atoms with E-state index in [4.69, 9.17) is 0 Å². The van der Waals surface area contributed by atoms with Crippen LogP contribution in [0.1, 0.15) is 26.7 Å². The van der Waals surface area contributed by atoms with E-state index in [2.05, 4.69) is 29.2 Å². The van der Waals surface area contributed by atoms with Gasteiger partial charge in [-0.1, -0.05) is 28.7 Å². The van der Waals surface area contributed by atoms with Gasteiger partial charge in [0.25, 0.3) is 0 Å². The molecule has 0 aromatic heterocycles. The van der Waals surface area contributed by atoms with Crippen LogP contribution in [0.5, 0.6) is 0 Å². The molecule has 0 fully saturated rings. The summed E-state index contributed by atoms with van der Waals surface area (Å²) >= 11 is 2.21. The molecule has 0 radical (unpaired) electrons. The van der Waals surface area contributed by atoms with Gasteiger partial charge in [-0.25, -0.2) is 0 Å². The lowest BCUT2D eigenvalue weighted by Crippen LogP contribution is -2.36. The summed E-state index contributed by atoms with van der Waals surface area (Å²) in [7, 11) is 0. The molecule has 0 N–H and O–H groups in total. The Morgan fingerprint density at radius 1 is 1.54 bits per heavy atom. The highest BCUT2D eigenvalue weighted by Gasteiger charge is 2.18. The Morgan fingerprint density at radius 2 is 2.08 bits per heavy atom. The van der Waals surface area contributed by atoms with Gasteiger partial charge in [0, 0.05) is 13.1 Å². The SMILES string of the molecule is C=CCCC(I)C(=O)N(CC)CC. The molecular formula is C10H18INO. The van der Waals surface area contributed by atoms with Crippen LogP contribution < -0.4 is 0 Å². The fraction of sp³-hybridized carbons (Fsp3) is 0.700. The molecule has 0 aromatic carbocycles. The van der Waals surface area contributed by atoms with Crippen LogP contribution in [0, 0.1) is 0 Å². The summed E-state index contributed by atoms with van der Waals surface area (Å²) in [5, 5.41) is 0. The number of allylic oxidation sites excluding steroid dienone is 1. The first-order valence-electron chi connectivity index (χ1n) is 4.71.